The number of anilines is 1. The molecular formula is C23H21Cl3N2O4S. The van der Waals surface area contributed by atoms with Crippen molar-refractivity contribution in [2.45, 2.75) is 18.4 Å². The van der Waals surface area contributed by atoms with E-state index in [0.29, 0.717) is 32.1 Å². The number of hydrogen-bond acceptors (Lipinski definition) is 4. The lowest BCUT2D eigenvalue weighted by molar-refractivity contribution is -0.116. The van der Waals surface area contributed by atoms with E-state index in [1.165, 1.54) is 31.4 Å². The summed E-state index contributed by atoms with van der Waals surface area (Å²) in [7, 11) is -2.58. The Morgan fingerprint density at radius 1 is 0.970 bits per heavy atom. The summed E-state index contributed by atoms with van der Waals surface area (Å²) in [6.07, 6.45) is 0. The first-order chi connectivity index (χ1) is 15.6. The molecule has 3 rings (SSSR count). The highest BCUT2D eigenvalue weighted by Gasteiger charge is 2.28. The smallest absolute Gasteiger partial charge is 0.243 e. The summed E-state index contributed by atoms with van der Waals surface area (Å²) in [5.74, 6) is -0.183. The molecule has 0 aliphatic heterocycles. The molecule has 174 valence electrons. The van der Waals surface area contributed by atoms with E-state index >= 15 is 0 Å². The molecule has 0 radical (unpaired) electrons. The minimum Gasteiger partial charge on any atom is -0.495 e. The van der Waals surface area contributed by atoms with E-state index in [4.69, 9.17) is 39.5 Å². The maximum atomic E-state index is 13.4. The first kappa shape index (κ1) is 25.3. The summed E-state index contributed by atoms with van der Waals surface area (Å²) in [5.41, 5.74) is 1.74. The molecule has 0 aliphatic rings. The number of aryl methyl sites for hydroxylation is 1. The zero-order chi connectivity index (χ0) is 24.2. The lowest BCUT2D eigenvalue weighted by atomic mass is 10.2. The average molecular weight is 528 g/mol. The second kappa shape index (κ2) is 10.8. The van der Waals surface area contributed by atoms with Gasteiger partial charge in [-0.05, 0) is 55.0 Å². The highest BCUT2D eigenvalue weighted by atomic mass is 35.5. The lowest BCUT2D eigenvalue weighted by Gasteiger charge is -2.23. The van der Waals surface area contributed by atoms with Crippen molar-refractivity contribution in [1.82, 2.24) is 4.31 Å². The number of methoxy groups -OCH3 is 1. The average Bonchev–Trinajstić information content (AvgIpc) is 2.75. The molecule has 1 N–H and O–H groups in total. The molecule has 1 amide bonds. The number of amides is 1. The normalized spacial score (nSPS) is 11.5. The van der Waals surface area contributed by atoms with Gasteiger partial charge in [0.1, 0.15) is 5.75 Å². The van der Waals surface area contributed by atoms with Crippen LogP contribution in [0.2, 0.25) is 15.1 Å². The third kappa shape index (κ3) is 6.40. The van der Waals surface area contributed by atoms with Gasteiger partial charge in [0.15, 0.2) is 0 Å². The Bertz CT molecular complexity index is 1270. The van der Waals surface area contributed by atoms with Crippen LogP contribution in [0.1, 0.15) is 11.1 Å². The highest BCUT2D eigenvalue weighted by molar-refractivity contribution is 7.89. The maximum Gasteiger partial charge on any atom is 0.243 e. The third-order valence-corrected chi connectivity index (χ3v) is 7.40. The number of nitrogens with zero attached hydrogens (tertiary/aromatic N) is 1. The molecule has 0 saturated carbocycles. The predicted octanol–water partition coefficient (Wildman–Crippen LogP) is 5.79. The van der Waals surface area contributed by atoms with Crippen LogP contribution < -0.4 is 10.1 Å². The SMILES string of the molecule is COc1ccc(Cl)cc1NC(=O)CN(Cc1ccc(Cl)cc1Cl)S(=O)(=O)c1ccc(C)cc1. The van der Waals surface area contributed by atoms with Gasteiger partial charge in [-0.3, -0.25) is 4.79 Å². The van der Waals surface area contributed by atoms with Gasteiger partial charge in [-0.25, -0.2) is 8.42 Å². The minimum atomic E-state index is -4.03. The number of rotatable bonds is 8. The lowest BCUT2D eigenvalue weighted by Crippen LogP contribution is -2.37. The monoisotopic (exact) mass is 526 g/mol. The van der Waals surface area contributed by atoms with Gasteiger partial charge in [-0.15, -0.1) is 0 Å². The molecule has 0 saturated heterocycles. The Hall–Kier alpha value is -2.29. The van der Waals surface area contributed by atoms with Crippen LogP contribution in [0.4, 0.5) is 5.69 Å². The second-order valence-corrected chi connectivity index (χ2v) is 10.4. The van der Waals surface area contributed by atoms with E-state index < -0.39 is 22.5 Å². The zero-order valence-corrected chi connectivity index (χ0v) is 20.9. The molecule has 0 spiro atoms. The van der Waals surface area contributed by atoms with Gasteiger partial charge in [0.05, 0.1) is 24.2 Å². The predicted molar refractivity (Wildman–Crippen MR) is 132 cm³/mol. The van der Waals surface area contributed by atoms with E-state index in [-0.39, 0.29) is 11.4 Å². The maximum absolute atomic E-state index is 13.4. The minimum absolute atomic E-state index is 0.0614. The van der Waals surface area contributed by atoms with Crippen LogP contribution in [-0.2, 0) is 21.4 Å². The van der Waals surface area contributed by atoms with Crippen molar-refractivity contribution in [3.05, 3.63) is 86.9 Å². The van der Waals surface area contributed by atoms with E-state index in [1.54, 1.807) is 36.4 Å². The molecular weight excluding hydrogens is 507 g/mol. The number of ether oxygens (including phenoxy) is 1. The second-order valence-electron chi connectivity index (χ2n) is 7.21. The molecule has 3 aromatic rings. The Balaban J connectivity index is 1.93. The van der Waals surface area contributed by atoms with Gasteiger partial charge >= 0.3 is 0 Å². The van der Waals surface area contributed by atoms with E-state index in [9.17, 15) is 13.2 Å². The van der Waals surface area contributed by atoms with Gasteiger partial charge in [0.2, 0.25) is 15.9 Å². The third-order valence-electron chi connectivity index (χ3n) is 4.78. The van der Waals surface area contributed by atoms with E-state index in [2.05, 4.69) is 5.32 Å². The largest absolute Gasteiger partial charge is 0.495 e. The van der Waals surface area contributed by atoms with Gasteiger partial charge < -0.3 is 10.1 Å². The standard InChI is InChI=1S/C23H21Cl3N2O4S/c1-15-3-8-19(9-4-15)33(30,31)28(13-16-5-6-17(24)11-20(16)26)14-23(29)27-21-12-18(25)7-10-22(21)32-2/h3-12H,13-14H2,1-2H3,(H,27,29). The van der Waals surface area contributed by atoms with Crippen LogP contribution in [0.5, 0.6) is 5.75 Å². The fourth-order valence-corrected chi connectivity index (χ4v) is 5.07. The Morgan fingerprint density at radius 3 is 2.24 bits per heavy atom. The van der Waals surface area contributed by atoms with Crippen LogP contribution in [0.15, 0.2) is 65.6 Å². The molecule has 3 aromatic carbocycles. The quantitative estimate of drug-likeness (QED) is 0.402. The Kier molecular flexibility index (Phi) is 8.26. The van der Waals surface area contributed by atoms with Crippen molar-refractivity contribution >= 4 is 56.4 Å². The summed E-state index contributed by atoms with van der Waals surface area (Å²) in [6, 6.07) is 15.9. The Labute approximate surface area is 208 Å². The Morgan fingerprint density at radius 2 is 1.61 bits per heavy atom. The number of sulfonamides is 1. The van der Waals surface area contributed by atoms with Crippen LogP contribution in [0, 0.1) is 6.92 Å². The van der Waals surface area contributed by atoms with Crippen LogP contribution in [0.25, 0.3) is 0 Å². The fraction of sp³-hybridized carbons (Fsp3) is 0.174. The molecule has 0 aromatic heterocycles. The summed E-state index contributed by atoms with van der Waals surface area (Å²) in [5, 5.41) is 3.77. The van der Waals surface area contributed by atoms with Crippen molar-refractivity contribution in [2.24, 2.45) is 0 Å². The summed E-state index contributed by atoms with van der Waals surface area (Å²) >= 11 is 18.3. The molecule has 6 nitrogen and oxygen atoms in total. The van der Waals surface area contributed by atoms with Gasteiger partial charge in [0, 0.05) is 21.6 Å². The number of hydrogen-bond donors (Lipinski definition) is 1. The number of carbonyl (C=O) groups excluding carboxylic acids is 1. The first-order valence-electron chi connectivity index (χ1n) is 9.74. The molecule has 33 heavy (non-hydrogen) atoms. The zero-order valence-electron chi connectivity index (χ0n) is 17.8. The van der Waals surface area contributed by atoms with Crippen molar-refractivity contribution in [3.8, 4) is 5.75 Å². The molecule has 0 aliphatic carbocycles. The van der Waals surface area contributed by atoms with Crippen molar-refractivity contribution in [3.63, 3.8) is 0 Å². The molecule has 0 unspecified atom stereocenters. The van der Waals surface area contributed by atoms with Crippen LogP contribution >= 0.6 is 34.8 Å². The van der Waals surface area contributed by atoms with Crippen LogP contribution in [-0.4, -0.2) is 32.3 Å². The summed E-state index contributed by atoms with van der Waals surface area (Å²) < 4.78 is 33.1. The molecule has 0 heterocycles. The van der Waals surface area contributed by atoms with Crippen molar-refractivity contribution in [1.29, 1.82) is 0 Å². The van der Waals surface area contributed by atoms with E-state index in [0.717, 1.165) is 9.87 Å². The van der Waals surface area contributed by atoms with Gasteiger partial charge in [-0.2, -0.15) is 4.31 Å². The van der Waals surface area contributed by atoms with Gasteiger partial charge in [-0.1, -0.05) is 58.6 Å². The first-order valence-corrected chi connectivity index (χ1v) is 12.3. The summed E-state index contributed by atoms with van der Waals surface area (Å²) in [6.45, 7) is 1.25. The van der Waals surface area contributed by atoms with Gasteiger partial charge in [0.25, 0.3) is 0 Å². The topological polar surface area (TPSA) is 75.7 Å². The number of halogens is 3. The molecule has 0 fully saturated rings. The highest BCUT2D eigenvalue weighted by Crippen LogP contribution is 2.29. The number of carbonyl (C=O) groups is 1. The summed E-state index contributed by atoms with van der Waals surface area (Å²) in [4.78, 5) is 13.0. The van der Waals surface area contributed by atoms with Crippen molar-refractivity contribution in [2.75, 3.05) is 19.0 Å². The number of nitrogens with one attached hydrogen (secondary N) is 1. The molecule has 10 heteroatoms. The molecule has 0 atom stereocenters. The van der Waals surface area contributed by atoms with E-state index in [1.807, 2.05) is 6.92 Å². The van der Waals surface area contributed by atoms with Crippen LogP contribution in [0.3, 0.4) is 0 Å². The fourth-order valence-electron chi connectivity index (χ4n) is 3.05. The molecule has 0 bridgehead atoms. The number of benzene rings is 3. The van der Waals surface area contributed by atoms with Crippen molar-refractivity contribution < 1.29 is 17.9 Å².